The molecule has 0 radical (unpaired) electrons. The fraction of sp³-hybridized carbons (Fsp3) is 0.0612. The lowest BCUT2D eigenvalue weighted by molar-refractivity contribution is 0.660. The van der Waals surface area contributed by atoms with E-state index in [2.05, 4.69) is 195 Å². The molecule has 0 fully saturated rings. The van der Waals surface area contributed by atoms with E-state index in [1.807, 2.05) is 0 Å². The molecule has 0 saturated heterocycles. The highest BCUT2D eigenvalue weighted by molar-refractivity contribution is 6.19. The van der Waals surface area contributed by atoms with Crippen LogP contribution in [0.5, 0.6) is 0 Å². The Labute approximate surface area is 293 Å². The number of benzene rings is 8. The first-order valence-corrected chi connectivity index (χ1v) is 17.5. The van der Waals surface area contributed by atoms with E-state index in [0.29, 0.717) is 0 Å². The molecule has 0 unspecified atom stereocenters. The van der Waals surface area contributed by atoms with Crippen molar-refractivity contribution in [1.82, 2.24) is 0 Å². The number of hydrogen-bond acceptors (Lipinski definition) is 1. The van der Waals surface area contributed by atoms with Crippen LogP contribution in [-0.2, 0) is 5.41 Å². The molecule has 0 heterocycles. The summed E-state index contributed by atoms with van der Waals surface area (Å²) in [5, 5.41) is 2.57. The Kier molecular flexibility index (Phi) is 6.29. The number of hydrogen-bond donors (Lipinski definition) is 0. The molecule has 2 aliphatic rings. The Morgan fingerprint density at radius 1 is 0.340 bits per heavy atom. The molecule has 50 heavy (non-hydrogen) atoms. The quantitative estimate of drug-likeness (QED) is 0.181. The van der Waals surface area contributed by atoms with Crippen LogP contribution in [0.2, 0.25) is 0 Å². The van der Waals surface area contributed by atoms with Crippen LogP contribution in [-0.4, -0.2) is 0 Å². The smallest absolute Gasteiger partial charge is 0.0541 e. The van der Waals surface area contributed by atoms with E-state index in [0.717, 1.165) is 11.4 Å². The highest BCUT2D eigenvalue weighted by atomic mass is 15.1. The van der Waals surface area contributed by atoms with Crippen molar-refractivity contribution < 1.29 is 0 Å². The Balaban J connectivity index is 1.24. The lowest BCUT2D eigenvalue weighted by Crippen LogP contribution is -2.15. The molecule has 8 aromatic carbocycles. The fourth-order valence-electron chi connectivity index (χ4n) is 8.69. The van der Waals surface area contributed by atoms with Gasteiger partial charge in [-0.25, -0.2) is 0 Å². The summed E-state index contributed by atoms with van der Waals surface area (Å²) in [5.41, 5.74) is 18.9. The lowest BCUT2D eigenvalue weighted by Gasteiger charge is -2.31. The van der Waals surface area contributed by atoms with Crippen LogP contribution in [0, 0.1) is 0 Å². The summed E-state index contributed by atoms with van der Waals surface area (Å²) in [6.07, 6.45) is 0. The van der Waals surface area contributed by atoms with Gasteiger partial charge >= 0.3 is 0 Å². The Hall–Kier alpha value is -6.18. The molecular weight excluding hydrogens is 603 g/mol. The second kappa shape index (κ2) is 10.9. The first kappa shape index (κ1) is 28.8. The van der Waals surface area contributed by atoms with Crippen LogP contribution in [0.1, 0.15) is 25.0 Å². The van der Waals surface area contributed by atoms with E-state index in [9.17, 15) is 0 Å². The van der Waals surface area contributed by atoms with Crippen LogP contribution in [0.25, 0.3) is 66.4 Å². The molecule has 0 saturated carbocycles. The second-order valence-electron chi connectivity index (χ2n) is 14.1. The number of para-hydroxylation sites is 2. The van der Waals surface area contributed by atoms with Crippen molar-refractivity contribution in [1.29, 1.82) is 0 Å². The largest absolute Gasteiger partial charge is 0.309 e. The Morgan fingerprint density at radius 2 is 0.860 bits per heavy atom. The number of nitrogens with zero attached hydrogens (tertiary/aromatic N) is 1. The summed E-state index contributed by atoms with van der Waals surface area (Å²) in [5.74, 6) is 0. The topological polar surface area (TPSA) is 3.24 Å². The van der Waals surface area contributed by atoms with Crippen molar-refractivity contribution in [2.75, 3.05) is 4.90 Å². The van der Waals surface area contributed by atoms with Gasteiger partial charge in [-0.3, -0.25) is 0 Å². The van der Waals surface area contributed by atoms with E-state index >= 15 is 0 Å². The highest BCUT2D eigenvalue weighted by Gasteiger charge is 2.35. The van der Waals surface area contributed by atoms with E-state index in [-0.39, 0.29) is 5.41 Å². The molecule has 1 heteroatoms. The van der Waals surface area contributed by atoms with Crippen molar-refractivity contribution >= 4 is 27.8 Å². The van der Waals surface area contributed by atoms with Gasteiger partial charge in [0.1, 0.15) is 0 Å². The van der Waals surface area contributed by atoms with Crippen LogP contribution in [0.4, 0.5) is 17.1 Å². The third-order valence-electron chi connectivity index (χ3n) is 11.0. The maximum atomic E-state index is 2.51. The zero-order valence-electron chi connectivity index (χ0n) is 28.2. The normalized spacial score (nSPS) is 13.2. The lowest BCUT2D eigenvalue weighted by atomic mass is 9.81. The second-order valence-corrected chi connectivity index (χ2v) is 14.1. The van der Waals surface area contributed by atoms with Crippen LogP contribution in [0.3, 0.4) is 0 Å². The van der Waals surface area contributed by atoms with Gasteiger partial charge in [0.2, 0.25) is 0 Å². The predicted octanol–water partition coefficient (Wildman–Crippen LogP) is 13.6. The molecule has 0 aromatic heterocycles. The van der Waals surface area contributed by atoms with E-state index in [1.54, 1.807) is 0 Å². The standard InChI is InChI=1S/C49H35N/c1-49(2)43-24-11-8-21-38(43)39-28-27-33(31-44(39)49)35-18-10-13-26-46(35)50(45-25-12-9-17-34(45)32-15-4-3-5-16-32)47-30-29-41-37-20-7-6-19-36(37)40-22-14-23-42(47)48(40)41/h3-31H,1-2H3. The average molecular weight is 638 g/mol. The molecule has 0 N–H and O–H groups in total. The molecule has 1 nitrogen and oxygen atoms in total. The zero-order valence-corrected chi connectivity index (χ0v) is 28.2. The van der Waals surface area contributed by atoms with Crippen molar-refractivity contribution in [2.45, 2.75) is 19.3 Å². The summed E-state index contributed by atoms with van der Waals surface area (Å²) in [6, 6.07) is 64.9. The molecular formula is C49H35N. The first-order chi connectivity index (χ1) is 24.6. The summed E-state index contributed by atoms with van der Waals surface area (Å²) >= 11 is 0. The molecule has 0 amide bonds. The average Bonchev–Trinajstić information content (AvgIpc) is 3.62. The third kappa shape index (κ3) is 4.13. The maximum Gasteiger partial charge on any atom is 0.0541 e. The zero-order chi connectivity index (χ0) is 33.4. The van der Waals surface area contributed by atoms with Crippen LogP contribution in [0.15, 0.2) is 176 Å². The van der Waals surface area contributed by atoms with Crippen molar-refractivity contribution in [3.8, 4) is 55.6 Å². The van der Waals surface area contributed by atoms with Crippen molar-refractivity contribution in [2.24, 2.45) is 0 Å². The van der Waals surface area contributed by atoms with Crippen LogP contribution < -0.4 is 4.90 Å². The molecule has 0 atom stereocenters. The van der Waals surface area contributed by atoms with Gasteiger partial charge in [-0.05, 0) is 85.3 Å². The summed E-state index contributed by atoms with van der Waals surface area (Å²) in [4.78, 5) is 2.51. The van der Waals surface area contributed by atoms with Gasteiger partial charge in [0.05, 0.1) is 17.1 Å². The van der Waals surface area contributed by atoms with Crippen LogP contribution >= 0.6 is 0 Å². The van der Waals surface area contributed by atoms with Crippen molar-refractivity contribution in [3.05, 3.63) is 187 Å². The molecule has 10 rings (SSSR count). The minimum Gasteiger partial charge on any atom is -0.309 e. The van der Waals surface area contributed by atoms with Gasteiger partial charge in [-0.1, -0.05) is 166 Å². The number of fused-ring (bicyclic) bond motifs is 6. The SMILES string of the molecule is CC1(C)c2ccccc2-c2ccc(-c3ccccc3N(c3ccccc3-c3ccccc3)c3ccc4c5c(cccc35)-c3ccccc3-4)cc21. The number of anilines is 3. The van der Waals surface area contributed by atoms with Gasteiger partial charge in [0.15, 0.2) is 0 Å². The molecule has 0 bridgehead atoms. The Bertz CT molecular complexity index is 2600. The summed E-state index contributed by atoms with van der Waals surface area (Å²) < 4.78 is 0. The summed E-state index contributed by atoms with van der Waals surface area (Å²) in [6.45, 7) is 4.72. The minimum atomic E-state index is -0.0802. The van der Waals surface area contributed by atoms with E-state index in [4.69, 9.17) is 0 Å². The molecule has 0 aliphatic heterocycles. The Morgan fingerprint density at radius 3 is 1.58 bits per heavy atom. The molecule has 0 spiro atoms. The fourth-order valence-corrected chi connectivity index (χ4v) is 8.69. The monoisotopic (exact) mass is 637 g/mol. The van der Waals surface area contributed by atoms with E-state index < -0.39 is 0 Å². The highest BCUT2D eigenvalue weighted by Crippen LogP contribution is 2.54. The maximum absolute atomic E-state index is 2.51. The van der Waals surface area contributed by atoms with E-state index in [1.165, 1.54) is 83.2 Å². The third-order valence-corrected chi connectivity index (χ3v) is 11.0. The molecule has 236 valence electrons. The van der Waals surface area contributed by atoms with Gasteiger partial charge in [0, 0.05) is 21.9 Å². The number of rotatable bonds is 5. The predicted molar refractivity (Wildman–Crippen MR) is 211 cm³/mol. The summed E-state index contributed by atoms with van der Waals surface area (Å²) in [7, 11) is 0. The molecule has 2 aliphatic carbocycles. The first-order valence-electron chi connectivity index (χ1n) is 17.5. The van der Waals surface area contributed by atoms with Gasteiger partial charge in [-0.15, -0.1) is 0 Å². The van der Waals surface area contributed by atoms with Crippen molar-refractivity contribution in [3.63, 3.8) is 0 Å². The van der Waals surface area contributed by atoms with Gasteiger partial charge < -0.3 is 4.90 Å². The van der Waals surface area contributed by atoms with Gasteiger partial charge in [0.25, 0.3) is 0 Å². The molecule has 8 aromatic rings. The minimum absolute atomic E-state index is 0.0802. The van der Waals surface area contributed by atoms with Gasteiger partial charge in [-0.2, -0.15) is 0 Å².